The first-order chi connectivity index (χ1) is 15.7. The highest BCUT2D eigenvalue weighted by atomic mass is 16.1. The van der Waals surface area contributed by atoms with Gasteiger partial charge in [-0.2, -0.15) is 5.10 Å². The molecule has 0 aliphatic carbocycles. The van der Waals surface area contributed by atoms with Crippen molar-refractivity contribution >= 4 is 28.9 Å². The predicted octanol–water partition coefficient (Wildman–Crippen LogP) is 4.54. The number of aldehydes is 1. The van der Waals surface area contributed by atoms with E-state index in [1.54, 1.807) is 35.5 Å². The van der Waals surface area contributed by atoms with Crippen molar-refractivity contribution in [1.29, 1.82) is 0 Å². The van der Waals surface area contributed by atoms with Crippen molar-refractivity contribution in [2.45, 2.75) is 6.54 Å². The Morgan fingerprint density at radius 3 is 2.75 bits per heavy atom. The molecule has 0 aliphatic rings. The van der Waals surface area contributed by atoms with Crippen LogP contribution in [-0.4, -0.2) is 31.9 Å². The zero-order valence-electron chi connectivity index (χ0n) is 17.0. The van der Waals surface area contributed by atoms with Gasteiger partial charge in [0.1, 0.15) is 11.9 Å². The maximum absolute atomic E-state index is 12.8. The number of hydrogen-bond acceptors (Lipinski definition) is 4. The molecule has 0 unspecified atom stereocenters. The number of H-pyrrole nitrogens is 1. The molecule has 5 rings (SSSR count). The average Bonchev–Trinajstić information content (AvgIpc) is 3.47. The van der Waals surface area contributed by atoms with E-state index in [0.29, 0.717) is 29.0 Å². The van der Waals surface area contributed by atoms with Crippen LogP contribution in [0.3, 0.4) is 0 Å². The van der Waals surface area contributed by atoms with E-state index in [4.69, 9.17) is 0 Å². The fourth-order valence-electron chi connectivity index (χ4n) is 3.59. The number of fused-ring (bicyclic) bond motifs is 1. The van der Waals surface area contributed by atoms with E-state index < -0.39 is 0 Å². The van der Waals surface area contributed by atoms with Crippen LogP contribution in [0.4, 0.5) is 5.69 Å². The number of carbonyl (C=O) groups is 2. The Kier molecular flexibility index (Phi) is 5.05. The Labute approximate surface area is 183 Å². The van der Waals surface area contributed by atoms with Gasteiger partial charge in [0.25, 0.3) is 5.91 Å². The highest BCUT2D eigenvalue weighted by Gasteiger charge is 2.13. The van der Waals surface area contributed by atoms with E-state index in [1.165, 1.54) is 0 Å². The molecule has 0 radical (unpaired) electrons. The van der Waals surface area contributed by atoms with Gasteiger partial charge in [-0.25, -0.2) is 4.98 Å². The minimum absolute atomic E-state index is 0.251. The maximum Gasteiger partial charge on any atom is 0.258 e. The van der Waals surface area contributed by atoms with Crippen LogP contribution in [0.25, 0.3) is 22.2 Å². The van der Waals surface area contributed by atoms with Crippen LogP contribution < -0.4 is 5.32 Å². The Morgan fingerprint density at radius 1 is 1.03 bits per heavy atom. The second kappa shape index (κ2) is 8.31. The zero-order valence-corrected chi connectivity index (χ0v) is 17.0. The third kappa shape index (κ3) is 3.91. The number of rotatable bonds is 6. The van der Waals surface area contributed by atoms with Crippen molar-refractivity contribution in [1.82, 2.24) is 19.7 Å². The molecule has 0 saturated carbocycles. The SMILES string of the molecule is O=Cc1cccc(-c2cnc3[nH]cc(NC(=O)c4cnn(Cc5ccccc5)c4)c3c2)c1. The fourth-order valence-corrected chi connectivity index (χ4v) is 3.59. The molecular weight excluding hydrogens is 402 g/mol. The Hall–Kier alpha value is -4.52. The summed E-state index contributed by atoms with van der Waals surface area (Å²) in [7, 11) is 0. The van der Waals surface area contributed by atoms with Gasteiger partial charge in [0.2, 0.25) is 0 Å². The highest BCUT2D eigenvalue weighted by Crippen LogP contribution is 2.28. The van der Waals surface area contributed by atoms with Crippen molar-refractivity contribution in [3.63, 3.8) is 0 Å². The van der Waals surface area contributed by atoms with Crippen molar-refractivity contribution < 1.29 is 9.59 Å². The number of nitrogens with zero attached hydrogens (tertiary/aromatic N) is 3. The van der Waals surface area contributed by atoms with Crippen molar-refractivity contribution in [2.75, 3.05) is 5.32 Å². The van der Waals surface area contributed by atoms with Crippen LogP contribution in [0, 0.1) is 0 Å². The summed E-state index contributed by atoms with van der Waals surface area (Å²) in [5.74, 6) is -0.251. The van der Waals surface area contributed by atoms with E-state index in [-0.39, 0.29) is 5.91 Å². The van der Waals surface area contributed by atoms with E-state index >= 15 is 0 Å². The molecule has 1 amide bonds. The second-order valence-corrected chi connectivity index (χ2v) is 7.43. The topological polar surface area (TPSA) is 92.7 Å². The second-order valence-electron chi connectivity index (χ2n) is 7.43. The molecule has 32 heavy (non-hydrogen) atoms. The number of aromatic nitrogens is 4. The quantitative estimate of drug-likeness (QED) is 0.394. The van der Waals surface area contributed by atoms with Gasteiger partial charge >= 0.3 is 0 Å². The van der Waals surface area contributed by atoms with Gasteiger partial charge in [0.15, 0.2) is 0 Å². The number of carbonyl (C=O) groups excluding carboxylic acids is 2. The summed E-state index contributed by atoms with van der Waals surface area (Å²) in [5.41, 5.74) is 5.20. The number of anilines is 1. The Balaban J connectivity index is 1.38. The van der Waals surface area contributed by atoms with Crippen LogP contribution >= 0.6 is 0 Å². The largest absolute Gasteiger partial charge is 0.344 e. The molecule has 2 aromatic carbocycles. The van der Waals surface area contributed by atoms with E-state index in [2.05, 4.69) is 20.4 Å². The minimum atomic E-state index is -0.251. The van der Waals surface area contributed by atoms with Crippen LogP contribution in [0.5, 0.6) is 0 Å². The van der Waals surface area contributed by atoms with Crippen LogP contribution in [-0.2, 0) is 6.54 Å². The van der Waals surface area contributed by atoms with Gasteiger partial charge < -0.3 is 10.3 Å². The molecule has 7 heteroatoms. The van der Waals surface area contributed by atoms with Gasteiger partial charge in [0.05, 0.1) is 24.0 Å². The van der Waals surface area contributed by atoms with Gasteiger partial charge in [-0.15, -0.1) is 0 Å². The number of hydrogen-bond donors (Lipinski definition) is 2. The summed E-state index contributed by atoms with van der Waals surface area (Å²) in [6, 6.07) is 19.2. The average molecular weight is 421 g/mol. The lowest BCUT2D eigenvalue weighted by atomic mass is 10.0. The van der Waals surface area contributed by atoms with Crippen LogP contribution in [0.2, 0.25) is 0 Å². The third-order valence-corrected chi connectivity index (χ3v) is 5.22. The third-order valence-electron chi connectivity index (χ3n) is 5.22. The van der Waals surface area contributed by atoms with Gasteiger partial charge in [0, 0.05) is 35.1 Å². The first-order valence-electron chi connectivity index (χ1n) is 10.1. The van der Waals surface area contributed by atoms with Gasteiger partial charge in [-0.1, -0.05) is 48.5 Å². The molecule has 0 spiro atoms. The summed E-state index contributed by atoms with van der Waals surface area (Å²) < 4.78 is 1.74. The first kappa shape index (κ1) is 19.4. The van der Waals surface area contributed by atoms with Crippen molar-refractivity contribution in [2.24, 2.45) is 0 Å². The molecule has 7 nitrogen and oxygen atoms in total. The zero-order chi connectivity index (χ0) is 21.9. The summed E-state index contributed by atoms with van der Waals surface area (Å²) in [6.07, 6.45) is 7.56. The standard InChI is InChI=1S/C25H19N5O2/c31-16-18-7-4-8-19(9-18)20-10-22-23(13-27-24(22)26-11-20)29-25(32)21-12-28-30(15-21)14-17-5-2-1-3-6-17/h1-13,15-16H,14H2,(H,26,27)(H,29,32). The van der Waals surface area contributed by atoms with Gasteiger partial charge in [-0.05, 0) is 23.3 Å². The Morgan fingerprint density at radius 2 is 1.91 bits per heavy atom. The molecule has 0 atom stereocenters. The summed E-state index contributed by atoms with van der Waals surface area (Å²) >= 11 is 0. The van der Waals surface area contributed by atoms with E-state index in [1.807, 2.05) is 54.6 Å². The maximum atomic E-state index is 12.8. The lowest BCUT2D eigenvalue weighted by Crippen LogP contribution is -2.11. The summed E-state index contributed by atoms with van der Waals surface area (Å²) in [4.78, 5) is 31.5. The van der Waals surface area contributed by atoms with E-state index in [0.717, 1.165) is 28.4 Å². The fraction of sp³-hybridized carbons (Fsp3) is 0.0400. The number of nitrogens with one attached hydrogen (secondary N) is 2. The van der Waals surface area contributed by atoms with Crippen molar-refractivity contribution in [3.05, 3.63) is 102 Å². The molecule has 156 valence electrons. The lowest BCUT2D eigenvalue weighted by Gasteiger charge is -2.05. The molecule has 3 heterocycles. The molecule has 0 saturated heterocycles. The first-order valence-corrected chi connectivity index (χ1v) is 10.1. The molecule has 0 aliphatic heterocycles. The summed E-state index contributed by atoms with van der Waals surface area (Å²) in [6.45, 7) is 0.592. The Bertz CT molecular complexity index is 1420. The number of pyridine rings is 1. The predicted molar refractivity (Wildman–Crippen MR) is 123 cm³/mol. The number of benzene rings is 2. The van der Waals surface area contributed by atoms with Crippen LogP contribution in [0.1, 0.15) is 26.3 Å². The smallest absolute Gasteiger partial charge is 0.258 e. The molecular formula is C25H19N5O2. The minimum Gasteiger partial charge on any atom is -0.344 e. The lowest BCUT2D eigenvalue weighted by molar-refractivity contribution is 0.102. The van der Waals surface area contributed by atoms with Gasteiger partial charge in [-0.3, -0.25) is 14.3 Å². The normalized spacial score (nSPS) is 10.9. The number of aromatic amines is 1. The molecule has 0 bridgehead atoms. The monoisotopic (exact) mass is 421 g/mol. The highest BCUT2D eigenvalue weighted by molar-refractivity contribution is 6.08. The van der Waals surface area contributed by atoms with Crippen LogP contribution in [0.15, 0.2) is 85.5 Å². The van der Waals surface area contributed by atoms with E-state index in [9.17, 15) is 9.59 Å². The molecule has 5 aromatic rings. The number of amides is 1. The summed E-state index contributed by atoms with van der Waals surface area (Å²) in [5, 5.41) is 8.02. The van der Waals surface area contributed by atoms with Crippen molar-refractivity contribution in [3.8, 4) is 11.1 Å². The molecule has 3 aromatic heterocycles. The molecule has 2 N–H and O–H groups in total. The molecule has 0 fully saturated rings.